The summed E-state index contributed by atoms with van der Waals surface area (Å²) in [6, 6.07) is 14.6. The minimum Gasteiger partial charge on any atom is -0.253 e. The summed E-state index contributed by atoms with van der Waals surface area (Å²) >= 11 is 7.70. The van der Waals surface area contributed by atoms with Crippen molar-refractivity contribution in [1.29, 1.82) is 0 Å². The van der Waals surface area contributed by atoms with Gasteiger partial charge in [-0.3, -0.25) is 4.98 Å². The van der Waals surface area contributed by atoms with Crippen molar-refractivity contribution in [2.45, 2.75) is 30.6 Å². The van der Waals surface area contributed by atoms with Crippen molar-refractivity contribution < 1.29 is 0 Å². The summed E-state index contributed by atoms with van der Waals surface area (Å²) in [5.41, 5.74) is 4.64. The lowest BCUT2D eigenvalue weighted by Gasteiger charge is -2.09. The highest BCUT2D eigenvalue weighted by Crippen LogP contribution is 2.33. The Labute approximate surface area is 134 Å². The second kappa shape index (κ2) is 5.70. The van der Waals surface area contributed by atoms with Gasteiger partial charge in [-0.1, -0.05) is 23.4 Å². The lowest BCUT2D eigenvalue weighted by atomic mass is 10.1. The number of hydrogen-bond donors (Lipinski definition) is 0. The van der Waals surface area contributed by atoms with Crippen LogP contribution in [0.25, 0.3) is 10.9 Å². The molecule has 1 heterocycles. The Morgan fingerprint density at radius 2 is 1.62 bits per heavy atom. The molecule has 0 unspecified atom stereocenters. The van der Waals surface area contributed by atoms with E-state index in [1.54, 1.807) is 11.8 Å². The first-order valence-corrected chi connectivity index (χ1v) is 8.04. The molecular weight excluding hydrogens is 298 g/mol. The van der Waals surface area contributed by atoms with E-state index in [0.29, 0.717) is 0 Å². The first kappa shape index (κ1) is 14.4. The van der Waals surface area contributed by atoms with E-state index in [2.05, 4.69) is 56.1 Å². The molecule has 3 aromatic rings. The summed E-state index contributed by atoms with van der Waals surface area (Å²) in [6.07, 6.45) is 0. The Morgan fingerprint density at radius 3 is 2.33 bits per heavy atom. The zero-order valence-corrected chi connectivity index (χ0v) is 13.8. The topological polar surface area (TPSA) is 12.9 Å². The lowest BCUT2D eigenvalue weighted by Crippen LogP contribution is -1.90. The van der Waals surface area contributed by atoms with Crippen LogP contribution in [0.4, 0.5) is 0 Å². The van der Waals surface area contributed by atoms with E-state index in [-0.39, 0.29) is 0 Å². The predicted octanol–water partition coefficient (Wildman–Crippen LogP) is 5.96. The number of benzene rings is 2. The van der Waals surface area contributed by atoms with Crippen LogP contribution >= 0.6 is 23.4 Å². The van der Waals surface area contributed by atoms with Crippen LogP contribution in [0.1, 0.15) is 16.8 Å². The summed E-state index contributed by atoms with van der Waals surface area (Å²) in [6.45, 7) is 6.29. The van der Waals surface area contributed by atoms with Crippen molar-refractivity contribution in [3.8, 4) is 0 Å². The average molecular weight is 314 g/mol. The summed E-state index contributed by atoms with van der Waals surface area (Å²) in [5, 5.41) is 1.96. The minimum absolute atomic E-state index is 0.768. The zero-order valence-electron chi connectivity index (χ0n) is 12.3. The van der Waals surface area contributed by atoms with Crippen molar-refractivity contribution in [3.63, 3.8) is 0 Å². The summed E-state index contributed by atoms with van der Waals surface area (Å²) in [7, 11) is 0. The molecule has 0 atom stereocenters. The quantitative estimate of drug-likeness (QED) is 0.578. The van der Waals surface area contributed by atoms with Gasteiger partial charge < -0.3 is 0 Å². The van der Waals surface area contributed by atoms with Gasteiger partial charge in [0.1, 0.15) is 0 Å². The van der Waals surface area contributed by atoms with Crippen molar-refractivity contribution in [2.24, 2.45) is 0 Å². The maximum Gasteiger partial charge on any atom is 0.0708 e. The molecular formula is C18H16ClNS. The highest BCUT2D eigenvalue weighted by atomic mass is 35.5. The van der Waals surface area contributed by atoms with Gasteiger partial charge in [0.05, 0.1) is 5.52 Å². The van der Waals surface area contributed by atoms with Crippen molar-refractivity contribution >= 4 is 34.3 Å². The van der Waals surface area contributed by atoms with Crippen molar-refractivity contribution in [1.82, 2.24) is 4.98 Å². The number of rotatable bonds is 2. The first-order chi connectivity index (χ1) is 10.0. The third-order valence-corrected chi connectivity index (χ3v) is 5.02. The Hall–Kier alpha value is -1.51. The number of aromatic nitrogens is 1. The Bertz CT molecular complexity index is 810. The van der Waals surface area contributed by atoms with Crippen LogP contribution < -0.4 is 0 Å². The van der Waals surface area contributed by atoms with E-state index >= 15 is 0 Å². The number of aryl methyl sites for hydroxylation is 3. The van der Waals surface area contributed by atoms with Gasteiger partial charge in [-0.25, -0.2) is 0 Å². The van der Waals surface area contributed by atoms with E-state index in [0.717, 1.165) is 16.2 Å². The van der Waals surface area contributed by atoms with Gasteiger partial charge in [0.2, 0.25) is 0 Å². The normalized spacial score (nSPS) is 11.0. The highest BCUT2D eigenvalue weighted by Gasteiger charge is 2.06. The van der Waals surface area contributed by atoms with Crippen LogP contribution in [-0.4, -0.2) is 4.98 Å². The molecule has 0 aliphatic heterocycles. The highest BCUT2D eigenvalue weighted by molar-refractivity contribution is 7.99. The van der Waals surface area contributed by atoms with Gasteiger partial charge in [-0.15, -0.1) is 0 Å². The number of fused-ring (bicyclic) bond motifs is 1. The number of nitrogens with zero attached hydrogens (tertiary/aromatic N) is 1. The van der Waals surface area contributed by atoms with Crippen LogP contribution in [0, 0.1) is 20.8 Å². The molecule has 1 aromatic heterocycles. The predicted molar refractivity (Wildman–Crippen MR) is 91.5 cm³/mol. The number of halogens is 1. The third kappa shape index (κ3) is 3.07. The van der Waals surface area contributed by atoms with Crippen LogP contribution in [0.15, 0.2) is 52.3 Å². The molecule has 0 aliphatic rings. The van der Waals surface area contributed by atoms with E-state index in [1.807, 2.05) is 12.1 Å². The molecule has 0 fully saturated rings. The molecule has 0 saturated heterocycles. The van der Waals surface area contributed by atoms with E-state index in [9.17, 15) is 0 Å². The molecule has 3 rings (SSSR count). The summed E-state index contributed by atoms with van der Waals surface area (Å²) < 4.78 is 0. The second-order valence-corrected chi connectivity index (χ2v) is 6.81. The first-order valence-electron chi connectivity index (χ1n) is 6.85. The molecule has 0 aliphatic carbocycles. The fraction of sp³-hybridized carbons (Fsp3) is 0.167. The van der Waals surface area contributed by atoms with Gasteiger partial charge in [0.25, 0.3) is 0 Å². The average Bonchev–Trinajstić information content (AvgIpc) is 2.44. The van der Waals surface area contributed by atoms with E-state index in [4.69, 9.17) is 11.6 Å². The summed E-state index contributed by atoms with van der Waals surface area (Å²) in [5.74, 6) is 0. The number of pyridine rings is 1. The minimum atomic E-state index is 0.768. The molecule has 0 bridgehead atoms. The molecule has 2 aromatic carbocycles. The van der Waals surface area contributed by atoms with Crippen LogP contribution in [0.3, 0.4) is 0 Å². The Kier molecular flexibility index (Phi) is 3.92. The van der Waals surface area contributed by atoms with Crippen molar-refractivity contribution in [2.75, 3.05) is 0 Å². The lowest BCUT2D eigenvalue weighted by molar-refractivity contribution is 1.18. The molecule has 0 radical (unpaired) electrons. The standard InChI is InChI=1S/C18H16ClNS/c1-11-8-14-10-18(12(2)9-17(14)20-13(11)3)21-16-6-4-15(19)5-7-16/h4-10H,1-3H3. The molecule has 3 heteroatoms. The maximum absolute atomic E-state index is 5.94. The fourth-order valence-corrected chi connectivity index (χ4v) is 3.30. The Morgan fingerprint density at radius 1 is 0.905 bits per heavy atom. The van der Waals surface area contributed by atoms with Crippen LogP contribution in [0.5, 0.6) is 0 Å². The molecule has 0 saturated carbocycles. The van der Waals surface area contributed by atoms with Gasteiger partial charge in [-0.05, 0) is 74.4 Å². The number of hydrogen-bond acceptors (Lipinski definition) is 2. The maximum atomic E-state index is 5.94. The third-order valence-electron chi connectivity index (χ3n) is 3.60. The van der Waals surface area contributed by atoms with Crippen LogP contribution in [-0.2, 0) is 0 Å². The largest absolute Gasteiger partial charge is 0.253 e. The zero-order chi connectivity index (χ0) is 15.0. The molecule has 0 spiro atoms. The second-order valence-electron chi connectivity index (χ2n) is 5.26. The van der Waals surface area contributed by atoms with Gasteiger partial charge >= 0.3 is 0 Å². The van der Waals surface area contributed by atoms with E-state index < -0.39 is 0 Å². The molecule has 21 heavy (non-hydrogen) atoms. The van der Waals surface area contributed by atoms with Gasteiger partial charge in [0.15, 0.2) is 0 Å². The van der Waals surface area contributed by atoms with Crippen LogP contribution in [0.2, 0.25) is 5.02 Å². The molecule has 0 N–H and O–H groups in total. The molecule has 1 nitrogen and oxygen atoms in total. The SMILES string of the molecule is Cc1cc2nc(C)c(C)cc2cc1Sc1ccc(Cl)cc1. The van der Waals surface area contributed by atoms with E-state index in [1.165, 1.54) is 26.3 Å². The molecule has 106 valence electrons. The van der Waals surface area contributed by atoms with Gasteiger partial charge in [-0.2, -0.15) is 0 Å². The molecule has 0 amide bonds. The van der Waals surface area contributed by atoms with Gasteiger partial charge in [0, 0.05) is 25.9 Å². The van der Waals surface area contributed by atoms with Crippen molar-refractivity contribution in [3.05, 3.63) is 64.3 Å². The fourth-order valence-electron chi connectivity index (χ4n) is 2.25. The Balaban J connectivity index is 2.04. The summed E-state index contributed by atoms with van der Waals surface area (Å²) in [4.78, 5) is 7.12. The monoisotopic (exact) mass is 313 g/mol. The smallest absolute Gasteiger partial charge is 0.0708 e.